The maximum Gasteiger partial charge on any atom is 0.433 e. The zero-order chi connectivity index (χ0) is 33.4. The molecule has 1 aromatic heterocycles. The van der Waals surface area contributed by atoms with Gasteiger partial charge in [-0.3, -0.25) is 24.2 Å². The van der Waals surface area contributed by atoms with Gasteiger partial charge in [0.2, 0.25) is 0 Å². The number of ether oxygens (including phenoxy) is 2. The normalized spacial score (nSPS) is 24.3. The molecule has 6 rings (SSSR count). The maximum absolute atomic E-state index is 14.2. The van der Waals surface area contributed by atoms with Crippen LogP contribution in [0.2, 0.25) is 5.02 Å². The summed E-state index contributed by atoms with van der Waals surface area (Å²) in [6, 6.07) is 4.37. The number of anilines is 1. The first kappa shape index (κ1) is 31.3. The van der Waals surface area contributed by atoms with Crippen molar-refractivity contribution in [2.75, 3.05) is 26.3 Å². The zero-order valence-electron chi connectivity index (χ0n) is 24.9. The minimum absolute atomic E-state index is 0.0313. The number of hydrogen-bond acceptors (Lipinski definition) is 9. The van der Waals surface area contributed by atoms with E-state index in [9.17, 15) is 37.5 Å². The minimum Gasteiger partial charge on any atom is -0.508 e. The number of alkyl halides is 3. The Hall–Kier alpha value is -4.65. The van der Waals surface area contributed by atoms with Gasteiger partial charge in [-0.1, -0.05) is 23.3 Å². The monoisotopic (exact) mass is 657 g/mol. The second kappa shape index (κ2) is 11.0. The summed E-state index contributed by atoms with van der Waals surface area (Å²) in [5, 5.41) is 11.8. The fourth-order valence-corrected chi connectivity index (χ4v) is 7.34. The summed E-state index contributed by atoms with van der Waals surface area (Å²) in [7, 11) is 3.97. The van der Waals surface area contributed by atoms with E-state index in [1.54, 1.807) is 6.08 Å². The Morgan fingerprint density at radius 1 is 1.04 bits per heavy atom. The first-order valence-corrected chi connectivity index (χ1v) is 14.6. The molecule has 4 atom stereocenters. The van der Waals surface area contributed by atoms with Crippen molar-refractivity contribution < 1.29 is 46.9 Å². The van der Waals surface area contributed by atoms with E-state index in [0.29, 0.717) is 17.2 Å². The summed E-state index contributed by atoms with van der Waals surface area (Å²) >= 11 is 6.20. The number of pyridine rings is 1. The van der Waals surface area contributed by atoms with E-state index in [0.717, 1.165) is 16.1 Å². The van der Waals surface area contributed by atoms with E-state index in [-0.39, 0.29) is 57.6 Å². The third-order valence-electron chi connectivity index (χ3n) is 9.08. The Bertz CT molecular complexity index is 1810. The Morgan fingerprint density at radius 3 is 2.30 bits per heavy atom. The number of fused-ring (bicyclic) bond motifs is 3. The summed E-state index contributed by atoms with van der Waals surface area (Å²) < 4.78 is 51.6. The fourth-order valence-electron chi connectivity index (χ4n) is 7.11. The van der Waals surface area contributed by atoms with E-state index < -0.39 is 59.0 Å². The van der Waals surface area contributed by atoms with E-state index in [1.165, 1.54) is 46.4 Å². The number of carbonyl (C=O) groups excluding carboxylic acids is 4. The molecule has 14 heteroatoms. The highest BCUT2D eigenvalue weighted by Crippen LogP contribution is 2.58. The van der Waals surface area contributed by atoms with Crippen molar-refractivity contribution in [3.63, 3.8) is 0 Å². The predicted octanol–water partition coefficient (Wildman–Crippen LogP) is 4.96. The molecule has 2 amide bonds. The quantitative estimate of drug-likeness (QED) is 0.270. The molecule has 1 N–H and O–H groups in total. The smallest absolute Gasteiger partial charge is 0.433 e. The lowest BCUT2D eigenvalue weighted by atomic mass is 9.59. The largest absolute Gasteiger partial charge is 0.508 e. The van der Waals surface area contributed by atoms with Crippen molar-refractivity contribution in [3.05, 3.63) is 75.0 Å². The number of ketones is 2. The SMILES string of the molecule is COc1cc(O)cc(OC)c1C1C2=CCC3C(=O)N(N(C)c4nc(C(F)(F)F)ccc4Cl)C(=O)C3C2CC2=C1C(=O)C=C(C)C2=O. The van der Waals surface area contributed by atoms with Gasteiger partial charge in [-0.15, -0.1) is 0 Å². The molecule has 1 saturated heterocycles. The number of aromatic hydroxyl groups is 1. The molecule has 4 aliphatic rings. The summed E-state index contributed by atoms with van der Waals surface area (Å²) in [5.41, 5.74) is 0.262. The number of aromatic nitrogens is 1. The number of hydrogen-bond donors (Lipinski definition) is 1. The number of allylic oxidation sites excluding steroid dienone is 6. The number of amides is 2. The van der Waals surface area contributed by atoms with Gasteiger partial charge in [-0.2, -0.15) is 18.2 Å². The van der Waals surface area contributed by atoms with Crippen LogP contribution >= 0.6 is 11.6 Å². The van der Waals surface area contributed by atoms with Gasteiger partial charge in [0, 0.05) is 47.4 Å². The molecule has 2 heterocycles. The van der Waals surface area contributed by atoms with Crippen molar-refractivity contribution in [2.24, 2.45) is 17.8 Å². The Morgan fingerprint density at radius 2 is 1.70 bits per heavy atom. The summed E-state index contributed by atoms with van der Waals surface area (Å²) in [4.78, 5) is 58.8. The molecule has 0 saturated carbocycles. The standard InChI is InChI=1S/C32H27ClF3N3O7/c1-13-9-20(41)25-18(28(13)42)12-17-15(26(25)27-21(45-3)10-14(40)11-22(27)46-4)5-6-16-24(17)31(44)39(30(16)43)38(2)29-19(33)7-8-23(37-29)32(34,35)36/h5,7-11,16-17,24,26,40H,6,12H2,1-4H3. The molecule has 240 valence electrons. The van der Waals surface area contributed by atoms with Gasteiger partial charge in [0.15, 0.2) is 17.4 Å². The molecule has 1 fully saturated rings. The highest BCUT2D eigenvalue weighted by atomic mass is 35.5. The van der Waals surface area contributed by atoms with Crippen LogP contribution in [0.4, 0.5) is 19.0 Å². The average molecular weight is 658 g/mol. The van der Waals surface area contributed by atoms with Gasteiger partial charge in [-0.05, 0) is 43.9 Å². The molecule has 46 heavy (non-hydrogen) atoms. The van der Waals surface area contributed by atoms with Crippen LogP contribution in [0.5, 0.6) is 17.2 Å². The van der Waals surface area contributed by atoms with Crippen LogP contribution < -0.4 is 14.5 Å². The van der Waals surface area contributed by atoms with Crippen molar-refractivity contribution in [3.8, 4) is 17.2 Å². The fraction of sp³-hybridized carbons (Fsp3) is 0.344. The number of carbonyl (C=O) groups is 4. The number of nitrogens with zero attached hydrogens (tertiary/aromatic N) is 3. The topological polar surface area (TPSA) is 126 Å². The van der Waals surface area contributed by atoms with Crippen LogP contribution in [0, 0.1) is 17.8 Å². The molecule has 1 aromatic carbocycles. The predicted molar refractivity (Wildman–Crippen MR) is 157 cm³/mol. The van der Waals surface area contributed by atoms with E-state index in [1.807, 2.05) is 0 Å². The lowest BCUT2D eigenvalue weighted by molar-refractivity contribution is -0.141. The van der Waals surface area contributed by atoms with Gasteiger partial charge in [-0.25, -0.2) is 4.98 Å². The molecule has 4 unspecified atom stereocenters. The lowest BCUT2D eigenvalue weighted by Gasteiger charge is -2.42. The van der Waals surface area contributed by atoms with Gasteiger partial charge < -0.3 is 14.6 Å². The van der Waals surface area contributed by atoms with Crippen LogP contribution in [-0.4, -0.2) is 59.7 Å². The average Bonchev–Trinajstić information content (AvgIpc) is 3.27. The number of rotatable bonds is 5. The third-order valence-corrected chi connectivity index (χ3v) is 9.38. The van der Waals surface area contributed by atoms with E-state index in [2.05, 4.69) is 4.98 Å². The Labute approximate surface area is 265 Å². The van der Waals surface area contributed by atoms with Crippen LogP contribution in [0.15, 0.2) is 58.7 Å². The highest BCUT2D eigenvalue weighted by molar-refractivity contribution is 6.33. The number of methoxy groups -OCH3 is 2. The summed E-state index contributed by atoms with van der Waals surface area (Å²) in [6.45, 7) is 1.52. The van der Waals surface area contributed by atoms with Crippen LogP contribution in [0.3, 0.4) is 0 Å². The minimum atomic E-state index is -4.80. The Kier molecular flexibility index (Phi) is 7.50. The molecule has 2 aromatic rings. The molecule has 0 radical (unpaired) electrons. The Balaban J connectivity index is 1.48. The van der Waals surface area contributed by atoms with Crippen LogP contribution in [-0.2, 0) is 25.4 Å². The highest BCUT2D eigenvalue weighted by Gasteiger charge is 2.58. The van der Waals surface area contributed by atoms with Crippen molar-refractivity contribution in [2.45, 2.75) is 31.9 Å². The summed E-state index contributed by atoms with van der Waals surface area (Å²) in [5.74, 6) is -6.07. The molecular formula is C32H27ClF3N3O7. The third kappa shape index (κ3) is 4.67. The number of benzene rings is 1. The van der Waals surface area contributed by atoms with Crippen molar-refractivity contribution in [1.82, 2.24) is 9.99 Å². The van der Waals surface area contributed by atoms with Gasteiger partial charge in [0.05, 0.1) is 31.1 Å². The van der Waals surface area contributed by atoms with Crippen LogP contribution in [0.25, 0.3) is 0 Å². The van der Waals surface area contributed by atoms with E-state index >= 15 is 0 Å². The second-order valence-electron chi connectivity index (χ2n) is 11.5. The number of hydrazine groups is 1. The molecule has 0 bridgehead atoms. The molecular weight excluding hydrogens is 631 g/mol. The zero-order valence-corrected chi connectivity index (χ0v) is 25.7. The first-order valence-electron chi connectivity index (χ1n) is 14.2. The number of Topliss-reactive ketones (excluding diaryl/α,β-unsaturated/α-hetero) is 1. The van der Waals surface area contributed by atoms with Crippen LogP contribution in [0.1, 0.15) is 36.9 Å². The lowest BCUT2D eigenvalue weighted by Crippen LogP contribution is -2.46. The summed E-state index contributed by atoms with van der Waals surface area (Å²) in [6.07, 6.45) is -1.75. The van der Waals surface area contributed by atoms with Gasteiger partial charge in [0.25, 0.3) is 11.8 Å². The molecule has 1 aliphatic heterocycles. The number of halogens is 4. The second-order valence-corrected chi connectivity index (χ2v) is 11.9. The molecule has 0 spiro atoms. The number of imide groups is 1. The molecule has 3 aliphatic carbocycles. The van der Waals surface area contributed by atoms with Crippen molar-refractivity contribution in [1.29, 1.82) is 0 Å². The van der Waals surface area contributed by atoms with Gasteiger partial charge >= 0.3 is 6.18 Å². The first-order chi connectivity index (χ1) is 21.7. The van der Waals surface area contributed by atoms with E-state index in [4.69, 9.17) is 21.1 Å². The van der Waals surface area contributed by atoms with Crippen molar-refractivity contribution >= 4 is 40.8 Å². The number of phenols is 1. The number of phenolic OH excluding ortho intramolecular Hbond substituents is 1. The molecule has 10 nitrogen and oxygen atoms in total. The maximum atomic E-state index is 14.2. The van der Waals surface area contributed by atoms with Gasteiger partial charge in [0.1, 0.15) is 22.9 Å².